The molecule has 2 atom stereocenters. The summed E-state index contributed by atoms with van der Waals surface area (Å²) in [4.78, 5) is 24.8. The average molecular weight is 294 g/mol. The van der Waals surface area contributed by atoms with E-state index in [1.807, 2.05) is 31.2 Å². The Morgan fingerprint density at radius 2 is 2.05 bits per heavy atom. The van der Waals surface area contributed by atoms with Gasteiger partial charge in [0.15, 0.2) is 0 Å². The van der Waals surface area contributed by atoms with Crippen LogP contribution in [0.5, 0.6) is 0 Å². The smallest absolute Gasteiger partial charge is 0.327 e. The fraction of sp³-hybridized carbons (Fsp3) is 0.429. The number of rotatable bonds is 3. The highest BCUT2D eigenvalue weighted by Gasteiger charge is 2.39. The molecular weight excluding hydrogens is 276 g/mol. The second-order valence-electron chi connectivity index (χ2n) is 4.67. The van der Waals surface area contributed by atoms with E-state index in [4.69, 9.17) is 5.11 Å². The van der Waals surface area contributed by atoms with Crippen molar-refractivity contribution in [1.29, 1.82) is 0 Å². The van der Waals surface area contributed by atoms with Gasteiger partial charge in [0, 0.05) is 11.4 Å². The Kier molecular flexibility index (Phi) is 4.54. The van der Waals surface area contributed by atoms with Crippen molar-refractivity contribution in [3.8, 4) is 0 Å². The van der Waals surface area contributed by atoms with Crippen molar-refractivity contribution in [3.05, 3.63) is 29.8 Å². The van der Waals surface area contributed by atoms with Crippen LogP contribution in [0.3, 0.4) is 0 Å². The summed E-state index contributed by atoms with van der Waals surface area (Å²) in [7, 11) is 0. The van der Waals surface area contributed by atoms with Gasteiger partial charge in [0.25, 0.3) is 0 Å². The third-order valence-electron chi connectivity index (χ3n) is 3.36. The maximum Gasteiger partial charge on any atom is 0.327 e. The summed E-state index contributed by atoms with van der Waals surface area (Å²) in [5.41, 5.74) is 1.87. The second-order valence-corrected chi connectivity index (χ2v) is 6.02. The molecule has 5 nitrogen and oxygen atoms in total. The van der Waals surface area contributed by atoms with Crippen LogP contribution >= 0.6 is 11.8 Å². The van der Waals surface area contributed by atoms with E-state index in [0.717, 1.165) is 6.42 Å². The minimum absolute atomic E-state index is 0.133. The number of carbonyl (C=O) groups is 2. The summed E-state index contributed by atoms with van der Waals surface area (Å²) in [6.07, 6.45) is 0.940. The summed E-state index contributed by atoms with van der Waals surface area (Å²) in [6, 6.07) is 6.45. The Morgan fingerprint density at radius 1 is 1.40 bits per heavy atom. The molecule has 1 heterocycles. The van der Waals surface area contributed by atoms with Crippen LogP contribution in [0.15, 0.2) is 24.3 Å². The lowest BCUT2D eigenvalue weighted by Gasteiger charge is -2.25. The minimum Gasteiger partial charge on any atom is -0.480 e. The van der Waals surface area contributed by atoms with Gasteiger partial charge in [-0.15, -0.1) is 11.8 Å². The lowest BCUT2D eigenvalue weighted by atomic mass is 10.1. The second kappa shape index (κ2) is 6.17. The predicted octanol–water partition coefficient (Wildman–Crippen LogP) is 2.63. The predicted molar refractivity (Wildman–Crippen MR) is 80.0 cm³/mol. The Balaban J connectivity index is 2.08. The normalized spacial score (nSPS) is 21.8. The van der Waals surface area contributed by atoms with E-state index in [-0.39, 0.29) is 11.4 Å². The number of hydrogen-bond donors (Lipinski definition) is 2. The van der Waals surface area contributed by atoms with E-state index < -0.39 is 12.0 Å². The van der Waals surface area contributed by atoms with Crippen LogP contribution in [0.2, 0.25) is 0 Å². The molecule has 1 aliphatic heterocycles. The molecule has 0 aliphatic carbocycles. The first-order valence-electron chi connectivity index (χ1n) is 6.55. The fourth-order valence-corrected chi connectivity index (χ4v) is 3.32. The third kappa shape index (κ3) is 3.07. The zero-order valence-electron chi connectivity index (χ0n) is 11.5. The number of nitrogens with one attached hydrogen (secondary N) is 1. The molecule has 1 aromatic carbocycles. The minimum atomic E-state index is -0.960. The monoisotopic (exact) mass is 294 g/mol. The molecule has 0 bridgehead atoms. The molecular formula is C14H18N2O3S. The molecule has 2 N–H and O–H groups in total. The molecule has 1 aliphatic rings. The van der Waals surface area contributed by atoms with Crippen LogP contribution < -0.4 is 5.32 Å². The lowest BCUT2D eigenvalue weighted by molar-refractivity contribution is -0.141. The molecule has 0 saturated carbocycles. The third-order valence-corrected chi connectivity index (χ3v) is 4.57. The largest absolute Gasteiger partial charge is 0.480 e. The average Bonchev–Trinajstić information content (AvgIpc) is 2.81. The van der Waals surface area contributed by atoms with Crippen molar-refractivity contribution in [3.63, 3.8) is 0 Å². The van der Waals surface area contributed by atoms with E-state index in [1.165, 1.54) is 22.2 Å². The van der Waals surface area contributed by atoms with Gasteiger partial charge >= 0.3 is 12.0 Å². The van der Waals surface area contributed by atoms with Gasteiger partial charge in [-0.25, -0.2) is 9.59 Å². The first-order chi connectivity index (χ1) is 9.52. The molecule has 2 rings (SSSR count). The van der Waals surface area contributed by atoms with Crippen LogP contribution in [0.25, 0.3) is 0 Å². The Labute approximate surface area is 122 Å². The highest BCUT2D eigenvalue weighted by Crippen LogP contribution is 2.29. The quantitative estimate of drug-likeness (QED) is 0.899. The molecule has 1 saturated heterocycles. The first kappa shape index (κ1) is 14.7. The number of carboxylic acid groups (broad SMARTS) is 1. The van der Waals surface area contributed by atoms with Crippen LogP contribution in [-0.4, -0.2) is 39.2 Å². The van der Waals surface area contributed by atoms with Gasteiger partial charge in [0.2, 0.25) is 0 Å². The Hall–Kier alpha value is -1.69. The number of benzene rings is 1. The van der Waals surface area contributed by atoms with E-state index in [2.05, 4.69) is 12.2 Å². The van der Waals surface area contributed by atoms with Gasteiger partial charge in [-0.05, 0) is 31.0 Å². The standard InChI is InChI=1S/C14H18N2O3S/c1-3-10-4-6-11(7-5-10)15-14(19)16-9(2)20-8-12(16)13(17)18/h4-7,9,12H,3,8H2,1-2H3,(H,15,19)(H,17,18). The molecule has 108 valence electrons. The number of urea groups is 1. The summed E-state index contributed by atoms with van der Waals surface area (Å²) >= 11 is 1.47. The zero-order chi connectivity index (χ0) is 14.7. The molecule has 1 aromatic rings. The van der Waals surface area contributed by atoms with Gasteiger partial charge in [-0.1, -0.05) is 19.1 Å². The van der Waals surface area contributed by atoms with E-state index in [1.54, 1.807) is 0 Å². The van der Waals surface area contributed by atoms with Crippen molar-refractivity contribution < 1.29 is 14.7 Å². The summed E-state index contributed by atoms with van der Waals surface area (Å²) in [5.74, 6) is -0.531. The van der Waals surface area contributed by atoms with Crippen molar-refractivity contribution in [1.82, 2.24) is 4.90 Å². The number of carbonyl (C=O) groups excluding carboxylic acids is 1. The fourth-order valence-electron chi connectivity index (χ4n) is 2.15. The van der Waals surface area contributed by atoms with E-state index in [0.29, 0.717) is 11.4 Å². The first-order valence-corrected chi connectivity index (χ1v) is 7.60. The van der Waals surface area contributed by atoms with Crippen LogP contribution in [0.4, 0.5) is 10.5 Å². The van der Waals surface area contributed by atoms with Crippen molar-refractivity contribution in [2.75, 3.05) is 11.1 Å². The Morgan fingerprint density at radius 3 is 2.60 bits per heavy atom. The van der Waals surface area contributed by atoms with Crippen molar-refractivity contribution in [2.45, 2.75) is 31.7 Å². The van der Waals surface area contributed by atoms with Crippen molar-refractivity contribution in [2.24, 2.45) is 0 Å². The highest BCUT2D eigenvalue weighted by atomic mass is 32.2. The molecule has 6 heteroatoms. The maximum absolute atomic E-state index is 12.2. The molecule has 20 heavy (non-hydrogen) atoms. The summed E-state index contributed by atoms with van der Waals surface area (Å²) < 4.78 is 0. The molecule has 2 unspecified atom stereocenters. The van der Waals surface area contributed by atoms with Gasteiger partial charge in [-0.3, -0.25) is 4.90 Å². The van der Waals surface area contributed by atoms with Gasteiger partial charge in [-0.2, -0.15) is 0 Å². The summed E-state index contributed by atoms with van der Waals surface area (Å²) in [6.45, 7) is 3.90. The van der Waals surface area contributed by atoms with Crippen LogP contribution in [-0.2, 0) is 11.2 Å². The summed E-state index contributed by atoms with van der Waals surface area (Å²) in [5, 5.41) is 11.8. The van der Waals surface area contributed by atoms with Gasteiger partial charge < -0.3 is 10.4 Å². The number of aliphatic carboxylic acids is 1. The number of anilines is 1. The van der Waals surface area contributed by atoms with E-state index in [9.17, 15) is 9.59 Å². The molecule has 1 fully saturated rings. The van der Waals surface area contributed by atoms with Crippen LogP contribution in [0.1, 0.15) is 19.4 Å². The zero-order valence-corrected chi connectivity index (χ0v) is 12.3. The van der Waals surface area contributed by atoms with Gasteiger partial charge in [0.1, 0.15) is 6.04 Å². The van der Waals surface area contributed by atoms with Crippen molar-refractivity contribution >= 4 is 29.4 Å². The number of amides is 2. The topological polar surface area (TPSA) is 69.6 Å². The molecule has 0 spiro atoms. The van der Waals surface area contributed by atoms with E-state index >= 15 is 0 Å². The number of thioether (sulfide) groups is 1. The molecule has 0 aromatic heterocycles. The molecule has 0 radical (unpaired) electrons. The SMILES string of the molecule is CCc1ccc(NC(=O)N2C(C)SCC2C(=O)O)cc1. The Bertz CT molecular complexity index is 504. The molecule has 2 amide bonds. The number of carboxylic acids is 1. The van der Waals surface area contributed by atoms with Crippen LogP contribution in [0, 0.1) is 0 Å². The number of aryl methyl sites for hydroxylation is 1. The lowest BCUT2D eigenvalue weighted by Crippen LogP contribution is -2.46. The van der Waals surface area contributed by atoms with Gasteiger partial charge in [0.05, 0.1) is 5.37 Å². The number of nitrogens with zero attached hydrogens (tertiary/aromatic N) is 1. The number of hydrogen-bond acceptors (Lipinski definition) is 3. The highest BCUT2D eigenvalue weighted by molar-refractivity contribution is 8.00. The maximum atomic E-state index is 12.2.